The third kappa shape index (κ3) is 3.71. The van der Waals surface area contributed by atoms with Crippen molar-refractivity contribution in [2.24, 2.45) is 0 Å². The lowest BCUT2D eigenvalue weighted by atomic mass is 10.2. The number of nitrogens with zero attached hydrogens (tertiary/aromatic N) is 2. The maximum Gasteiger partial charge on any atom is 0.331 e. The topological polar surface area (TPSA) is 102 Å². The number of aromatic nitrogens is 2. The molecule has 1 aromatic heterocycles. The molecule has 0 spiro atoms. The van der Waals surface area contributed by atoms with Gasteiger partial charge in [-0.2, -0.15) is 0 Å². The van der Waals surface area contributed by atoms with E-state index in [-0.39, 0.29) is 5.69 Å². The number of hydrogen-bond acceptors (Lipinski definition) is 5. The first-order valence-electron chi connectivity index (χ1n) is 5.90. The summed E-state index contributed by atoms with van der Waals surface area (Å²) in [4.78, 5) is 26.9. The molecule has 0 amide bonds. The molecular formula is C12H14BrN2O5P. The molecule has 2 aromatic rings. The molecular weight excluding hydrogens is 363 g/mol. The number of rotatable bonds is 5. The van der Waals surface area contributed by atoms with Crippen LogP contribution in [-0.2, 0) is 16.1 Å². The summed E-state index contributed by atoms with van der Waals surface area (Å²) in [7, 11) is -1.20. The summed E-state index contributed by atoms with van der Waals surface area (Å²) < 4.78 is 21.6. The quantitative estimate of drug-likeness (QED) is 0.609. The van der Waals surface area contributed by atoms with Gasteiger partial charge in [0.15, 0.2) is 11.5 Å². The van der Waals surface area contributed by atoms with Crippen LogP contribution in [0.15, 0.2) is 12.1 Å². The molecule has 0 aliphatic rings. The van der Waals surface area contributed by atoms with Crippen LogP contribution in [0.2, 0.25) is 0 Å². The van der Waals surface area contributed by atoms with Crippen molar-refractivity contribution in [3.8, 4) is 11.5 Å². The fourth-order valence-corrected chi connectivity index (χ4v) is 2.98. The lowest BCUT2D eigenvalue weighted by molar-refractivity contribution is 0.355. The van der Waals surface area contributed by atoms with Crippen molar-refractivity contribution in [3.63, 3.8) is 0 Å². The van der Waals surface area contributed by atoms with Crippen molar-refractivity contribution in [2.45, 2.75) is 11.5 Å². The number of alkyl halides is 1. The summed E-state index contributed by atoms with van der Waals surface area (Å²) in [5.41, 5.74) is 1.80. The highest BCUT2D eigenvalue weighted by Gasteiger charge is 2.20. The summed E-state index contributed by atoms with van der Waals surface area (Å²) in [6.45, 7) is 0. The van der Waals surface area contributed by atoms with Gasteiger partial charge in [0, 0.05) is 17.5 Å². The predicted molar refractivity (Wildman–Crippen MR) is 81.0 cm³/mol. The maximum absolute atomic E-state index is 11.2. The van der Waals surface area contributed by atoms with E-state index in [1.807, 2.05) is 0 Å². The second-order valence-corrected chi connectivity index (χ2v) is 6.48. The average Bonchev–Trinajstić information content (AvgIpc) is 2.43. The zero-order valence-electron chi connectivity index (χ0n) is 11.4. The van der Waals surface area contributed by atoms with Crippen LogP contribution in [0.1, 0.15) is 11.4 Å². The molecule has 9 heteroatoms. The molecule has 2 N–H and O–H groups in total. The van der Waals surface area contributed by atoms with Gasteiger partial charge in [-0.15, -0.1) is 0 Å². The van der Waals surface area contributed by atoms with Gasteiger partial charge in [0.25, 0.3) is 0 Å². The zero-order valence-corrected chi connectivity index (χ0v) is 13.9. The summed E-state index contributed by atoms with van der Waals surface area (Å²) in [5, 5.41) is 0.347. The van der Waals surface area contributed by atoms with Crippen LogP contribution in [-0.4, -0.2) is 34.0 Å². The summed E-state index contributed by atoms with van der Waals surface area (Å²) in [6.07, 6.45) is -0.453. The molecule has 0 aliphatic carbocycles. The van der Waals surface area contributed by atoms with Gasteiger partial charge in [0.2, 0.25) is 0 Å². The SMILES string of the molecule is COc1cc2nc(CBr)c(CP(=O)(O)O)nc2cc1OC. The van der Waals surface area contributed by atoms with E-state index in [2.05, 4.69) is 25.9 Å². The number of halogens is 1. The van der Waals surface area contributed by atoms with Gasteiger partial charge in [-0.05, 0) is 0 Å². The molecule has 0 fully saturated rings. The van der Waals surface area contributed by atoms with Crippen molar-refractivity contribution >= 4 is 34.6 Å². The number of hydrogen-bond donors (Lipinski definition) is 2. The third-order valence-electron chi connectivity index (χ3n) is 2.81. The van der Waals surface area contributed by atoms with E-state index in [9.17, 15) is 4.57 Å². The Labute approximate surface area is 129 Å². The van der Waals surface area contributed by atoms with Crippen molar-refractivity contribution in [3.05, 3.63) is 23.5 Å². The lowest BCUT2D eigenvalue weighted by Gasteiger charge is -2.12. The van der Waals surface area contributed by atoms with E-state index in [0.29, 0.717) is 33.6 Å². The molecule has 0 aliphatic heterocycles. The molecule has 0 bridgehead atoms. The highest BCUT2D eigenvalue weighted by atomic mass is 79.9. The van der Waals surface area contributed by atoms with Crippen LogP contribution in [0.5, 0.6) is 11.5 Å². The normalized spacial score (nSPS) is 11.7. The largest absolute Gasteiger partial charge is 0.493 e. The van der Waals surface area contributed by atoms with Crippen molar-refractivity contribution in [1.82, 2.24) is 9.97 Å². The maximum atomic E-state index is 11.2. The first-order chi connectivity index (χ1) is 9.87. The molecule has 0 saturated carbocycles. The van der Waals surface area contributed by atoms with Gasteiger partial charge in [0.05, 0.1) is 42.8 Å². The molecule has 2 rings (SSSR count). The average molecular weight is 377 g/mol. The van der Waals surface area contributed by atoms with Crippen LogP contribution >= 0.6 is 23.5 Å². The van der Waals surface area contributed by atoms with Gasteiger partial charge in [-0.25, -0.2) is 9.97 Å². The van der Waals surface area contributed by atoms with Crippen molar-refractivity contribution < 1.29 is 23.8 Å². The van der Waals surface area contributed by atoms with E-state index in [0.717, 1.165) is 0 Å². The van der Waals surface area contributed by atoms with Crippen LogP contribution in [0, 0.1) is 0 Å². The Balaban J connectivity index is 2.64. The Morgan fingerprint density at radius 3 is 1.95 bits per heavy atom. The molecule has 0 atom stereocenters. The molecule has 7 nitrogen and oxygen atoms in total. The number of ether oxygens (including phenoxy) is 2. The Morgan fingerprint density at radius 1 is 1.10 bits per heavy atom. The minimum Gasteiger partial charge on any atom is -0.493 e. The molecule has 0 unspecified atom stereocenters. The highest BCUT2D eigenvalue weighted by Crippen LogP contribution is 2.40. The smallest absolute Gasteiger partial charge is 0.331 e. The highest BCUT2D eigenvalue weighted by molar-refractivity contribution is 9.08. The zero-order chi connectivity index (χ0) is 15.6. The minimum atomic E-state index is -4.22. The third-order valence-corrected chi connectivity index (χ3v) is 4.05. The first-order valence-corrected chi connectivity index (χ1v) is 8.82. The number of benzene rings is 1. The van der Waals surface area contributed by atoms with Gasteiger partial charge >= 0.3 is 7.60 Å². The number of methoxy groups -OCH3 is 2. The Morgan fingerprint density at radius 2 is 1.57 bits per heavy atom. The van der Waals surface area contributed by atoms with Crippen LogP contribution in [0.3, 0.4) is 0 Å². The molecule has 1 aromatic carbocycles. The van der Waals surface area contributed by atoms with Gasteiger partial charge in [0.1, 0.15) is 0 Å². The summed E-state index contributed by atoms with van der Waals surface area (Å²) in [6, 6.07) is 3.30. The molecule has 0 radical (unpaired) electrons. The lowest BCUT2D eigenvalue weighted by Crippen LogP contribution is -2.02. The van der Waals surface area contributed by atoms with Crippen molar-refractivity contribution in [2.75, 3.05) is 14.2 Å². The van der Waals surface area contributed by atoms with Crippen LogP contribution in [0.4, 0.5) is 0 Å². The van der Waals surface area contributed by atoms with Crippen LogP contribution in [0.25, 0.3) is 11.0 Å². The van der Waals surface area contributed by atoms with E-state index in [1.54, 1.807) is 12.1 Å². The Kier molecular flexibility index (Phi) is 4.83. The second kappa shape index (κ2) is 6.27. The van der Waals surface area contributed by atoms with Gasteiger partial charge < -0.3 is 19.3 Å². The van der Waals surface area contributed by atoms with Gasteiger partial charge in [-0.3, -0.25) is 4.57 Å². The first kappa shape index (κ1) is 16.2. The van der Waals surface area contributed by atoms with E-state index < -0.39 is 13.8 Å². The fourth-order valence-electron chi connectivity index (χ4n) is 1.89. The standard InChI is InChI=1S/C12H14BrN2O5P/c1-19-11-3-7-8(4-12(11)20-2)15-10(6-21(16,17)18)9(5-13)14-7/h3-4H,5-6H2,1-2H3,(H2,16,17,18). The van der Waals surface area contributed by atoms with E-state index in [4.69, 9.17) is 19.3 Å². The van der Waals surface area contributed by atoms with Crippen molar-refractivity contribution in [1.29, 1.82) is 0 Å². The Bertz CT molecular complexity index is 718. The molecule has 21 heavy (non-hydrogen) atoms. The predicted octanol–water partition coefficient (Wildman–Crippen LogP) is 2.22. The molecule has 1 heterocycles. The molecule has 0 saturated heterocycles. The Hall–Kier alpha value is -1.21. The fraction of sp³-hybridized carbons (Fsp3) is 0.333. The van der Waals surface area contributed by atoms with Crippen LogP contribution < -0.4 is 9.47 Å². The number of fused-ring (bicyclic) bond motifs is 1. The van der Waals surface area contributed by atoms with Gasteiger partial charge in [-0.1, -0.05) is 15.9 Å². The summed E-state index contributed by atoms with van der Waals surface area (Å²) in [5.74, 6) is 0.996. The monoisotopic (exact) mass is 376 g/mol. The molecule has 114 valence electrons. The van der Waals surface area contributed by atoms with E-state index in [1.165, 1.54) is 14.2 Å². The second-order valence-electron chi connectivity index (χ2n) is 4.27. The summed E-state index contributed by atoms with van der Waals surface area (Å²) >= 11 is 3.25. The van der Waals surface area contributed by atoms with E-state index >= 15 is 0 Å². The minimum absolute atomic E-state index is 0.264.